The molecule has 13 heteroatoms. The second-order valence-electron chi connectivity index (χ2n) is 10.6. The minimum absolute atomic E-state index is 0. The van der Waals surface area contributed by atoms with Crippen molar-refractivity contribution in [3.8, 4) is 22.5 Å². The Hall–Kier alpha value is -4.13. The molecule has 2 amide bonds. The van der Waals surface area contributed by atoms with Gasteiger partial charge in [0.15, 0.2) is 5.13 Å². The molecule has 1 unspecified atom stereocenters. The van der Waals surface area contributed by atoms with Crippen LogP contribution in [0.3, 0.4) is 0 Å². The molecule has 1 aliphatic heterocycles. The van der Waals surface area contributed by atoms with Crippen LogP contribution in [0.15, 0.2) is 72.1 Å². The normalized spacial score (nSPS) is 16.8. The number of alkyl halides is 2. The van der Waals surface area contributed by atoms with Crippen LogP contribution in [0.25, 0.3) is 22.5 Å². The summed E-state index contributed by atoms with van der Waals surface area (Å²) in [6.45, 7) is -0.438. The number of thiazole rings is 1. The number of anilines is 2. The molecule has 0 saturated carbocycles. The Kier molecular flexibility index (Phi) is 9.14. The molecule has 1 atom stereocenters. The summed E-state index contributed by atoms with van der Waals surface area (Å²) in [4.78, 5) is 36.1. The molecule has 0 spiro atoms. The average Bonchev–Trinajstić information content (AvgIpc) is 3.61. The van der Waals surface area contributed by atoms with Gasteiger partial charge in [-0.3, -0.25) is 4.79 Å². The first kappa shape index (κ1) is 31.3. The van der Waals surface area contributed by atoms with E-state index in [-0.39, 0.29) is 50.3 Å². The zero-order valence-corrected chi connectivity index (χ0v) is 25.4. The third kappa shape index (κ3) is 6.10. The molecule has 1 fully saturated rings. The van der Waals surface area contributed by atoms with Gasteiger partial charge in [-0.25, -0.2) is 23.5 Å². The fourth-order valence-corrected chi connectivity index (χ4v) is 6.51. The number of hydrogen-bond acceptors (Lipinski definition) is 8. The number of amides is 2. The SMILES string of the molecule is CN(C(=O)OCC1c2ccccc2-c2ccccc21)C1CCN(c2cccc(-c3csc(NC(=O)CN)n3)n2)CC1(F)F.Cl. The molecule has 6 rings (SSSR count). The number of nitrogens with zero attached hydrogens (tertiary/aromatic N) is 4. The highest BCUT2D eigenvalue weighted by Gasteiger charge is 2.48. The number of halogens is 3. The van der Waals surface area contributed by atoms with Crippen molar-refractivity contribution in [1.82, 2.24) is 14.9 Å². The lowest BCUT2D eigenvalue weighted by atomic mass is 9.98. The van der Waals surface area contributed by atoms with Gasteiger partial charge in [-0.05, 0) is 40.8 Å². The first-order chi connectivity index (χ1) is 20.7. The van der Waals surface area contributed by atoms with E-state index in [1.54, 1.807) is 23.6 Å². The van der Waals surface area contributed by atoms with Crippen LogP contribution in [0.2, 0.25) is 0 Å². The van der Waals surface area contributed by atoms with Crippen LogP contribution in [-0.4, -0.2) is 72.1 Å². The number of nitrogens with two attached hydrogens (primary N) is 1. The van der Waals surface area contributed by atoms with E-state index in [2.05, 4.69) is 15.3 Å². The number of hydrogen-bond donors (Lipinski definition) is 2. The maximum Gasteiger partial charge on any atom is 0.409 e. The van der Waals surface area contributed by atoms with Crippen LogP contribution < -0.4 is 16.0 Å². The first-order valence-corrected chi connectivity index (χ1v) is 14.8. The highest BCUT2D eigenvalue weighted by atomic mass is 35.5. The van der Waals surface area contributed by atoms with Gasteiger partial charge in [0.05, 0.1) is 18.8 Å². The number of carbonyl (C=O) groups is 2. The number of pyridine rings is 1. The molecule has 1 saturated heterocycles. The van der Waals surface area contributed by atoms with Crippen molar-refractivity contribution in [2.24, 2.45) is 5.73 Å². The molecule has 0 bridgehead atoms. The van der Waals surface area contributed by atoms with E-state index in [1.165, 1.54) is 23.3 Å². The molecule has 0 radical (unpaired) electrons. The van der Waals surface area contributed by atoms with E-state index in [4.69, 9.17) is 10.5 Å². The largest absolute Gasteiger partial charge is 0.448 e. The van der Waals surface area contributed by atoms with E-state index >= 15 is 8.78 Å². The fourth-order valence-electron chi connectivity index (χ4n) is 5.78. The first-order valence-electron chi connectivity index (χ1n) is 13.9. The van der Waals surface area contributed by atoms with Crippen molar-refractivity contribution in [1.29, 1.82) is 0 Å². The summed E-state index contributed by atoms with van der Waals surface area (Å²) in [5.41, 5.74) is 10.6. The molecule has 1 aliphatic carbocycles. The molecule has 2 aromatic carbocycles. The minimum atomic E-state index is -3.21. The number of piperidine rings is 1. The van der Waals surface area contributed by atoms with E-state index < -0.39 is 24.6 Å². The maximum absolute atomic E-state index is 15.6. The van der Waals surface area contributed by atoms with Gasteiger partial charge in [-0.1, -0.05) is 54.6 Å². The van der Waals surface area contributed by atoms with Gasteiger partial charge in [0.25, 0.3) is 5.92 Å². The third-order valence-corrected chi connectivity index (χ3v) is 8.67. The van der Waals surface area contributed by atoms with Crippen LogP contribution in [0, 0.1) is 0 Å². The number of aromatic nitrogens is 2. The number of benzene rings is 2. The van der Waals surface area contributed by atoms with Crippen LogP contribution in [0.1, 0.15) is 23.5 Å². The molecular weight excluding hydrogens is 610 g/mol. The highest BCUT2D eigenvalue weighted by molar-refractivity contribution is 7.14. The summed E-state index contributed by atoms with van der Waals surface area (Å²) < 4.78 is 36.8. The predicted octanol–water partition coefficient (Wildman–Crippen LogP) is 5.62. The summed E-state index contributed by atoms with van der Waals surface area (Å²) in [7, 11) is 1.37. The van der Waals surface area contributed by atoms with Crippen LogP contribution in [0.5, 0.6) is 0 Å². The summed E-state index contributed by atoms with van der Waals surface area (Å²) in [6, 6.07) is 19.7. The number of fused-ring (bicyclic) bond motifs is 3. The summed E-state index contributed by atoms with van der Waals surface area (Å²) in [5.74, 6) is -3.36. The lowest BCUT2D eigenvalue weighted by molar-refractivity contribution is -0.114. The van der Waals surface area contributed by atoms with Crippen molar-refractivity contribution in [3.05, 3.63) is 83.2 Å². The predicted molar refractivity (Wildman–Crippen MR) is 169 cm³/mol. The van der Waals surface area contributed by atoms with Crippen LogP contribution >= 0.6 is 23.7 Å². The van der Waals surface area contributed by atoms with Crippen molar-refractivity contribution in [2.45, 2.75) is 24.3 Å². The second-order valence-corrected chi connectivity index (χ2v) is 11.4. The Labute approximate surface area is 263 Å². The zero-order chi connectivity index (χ0) is 30.1. The van der Waals surface area contributed by atoms with Crippen LogP contribution in [-0.2, 0) is 9.53 Å². The average molecular weight is 641 g/mol. The van der Waals surface area contributed by atoms with Gasteiger partial charge >= 0.3 is 6.09 Å². The zero-order valence-electron chi connectivity index (χ0n) is 23.8. The molecule has 2 aliphatic rings. The van der Waals surface area contributed by atoms with Gasteiger partial charge in [-0.15, -0.1) is 23.7 Å². The molecular formula is C31H31ClF2N6O3S. The quantitative estimate of drug-likeness (QED) is 0.270. The molecule has 44 heavy (non-hydrogen) atoms. The fraction of sp³-hybridized carbons (Fsp3) is 0.290. The number of nitrogens with one attached hydrogen (secondary N) is 1. The Morgan fingerprint density at radius 1 is 1.05 bits per heavy atom. The van der Waals surface area contributed by atoms with Crippen molar-refractivity contribution in [2.75, 3.05) is 43.5 Å². The van der Waals surface area contributed by atoms with Crippen molar-refractivity contribution >= 4 is 46.7 Å². The van der Waals surface area contributed by atoms with Gasteiger partial charge in [0.1, 0.15) is 24.2 Å². The second kappa shape index (κ2) is 12.8. The lowest BCUT2D eigenvalue weighted by Crippen LogP contribution is -2.59. The Balaban J connectivity index is 0.00000384. The van der Waals surface area contributed by atoms with Gasteiger partial charge in [0, 0.05) is 24.9 Å². The van der Waals surface area contributed by atoms with E-state index in [9.17, 15) is 9.59 Å². The van der Waals surface area contributed by atoms with Crippen LogP contribution in [0.4, 0.5) is 24.5 Å². The van der Waals surface area contributed by atoms with Gasteiger partial charge in [-0.2, -0.15) is 0 Å². The number of ether oxygens (including phenoxy) is 1. The molecule has 3 N–H and O–H groups in total. The minimum Gasteiger partial charge on any atom is -0.448 e. The Morgan fingerprint density at radius 3 is 2.39 bits per heavy atom. The molecule has 3 heterocycles. The number of rotatable bonds is 7. The van der Waals surface area contributed by atoms with E-state index in [0.29, 0.717) is 22.3 Å². The third-order valence-electron chi connectivity index (χ3n) is 7.91. The standard InChI is InChI=1S/C31H30F2N6O3S.ClH/c1-38(30(41)42-16-23-21-9-4-2-7-19(21)20-8-3-5-10-22(20)23)26-13-14-39(18-31(26,32)33)27-12-6-11-24(35-27)25-17-43-29(36-25)37-28(40)15-34;/h2-12,17,23,26H,13-16,18,34H2,1H3,(H,36,37,40);1H. The Bertz CT molecular complexity index is 1630. The van der Waals surface area contributed by atoms with Crippen molar-refractivity contribution < 1.29 is 23.1 Å². The topological polar surface area (TPSA) is 114 Å². The number of carbonyl (C=O) groups excluding carboxylic acids is 2. The van der Waals surface area contributed by atoms with Gasteiger partial charge in [0.2, 0.25) is 5.91 Å². The molecule has 9 nitrogen and oxygen atoms in total. The van der Waals surface area contributed by atoms with E-state index in [1.807, 2.05) is 48.5 Å². The monoisotopic (exact) mass is 640 g/mol. The molecule has 230 valence electrons. The van der Waals surface area contributed by atoms with Crippen molar-refractivity contribution in [3.63, 3.8) is 0 Å². The highest BCUT2D eigenvalue weighted by Crippen LogP contribution is 2.44. The summed E-state index contributed by atoms with van der Waals surface area (Å²) >= 11 is 1.22. The smallest absolute Gasteiger partial charge is 0.409 e. The summed E-state index contributed by atoms with van der Waals surface area (Å²) in [6.07, 6.45) is -0.743. The summed E-state index contributed by atoms with van der Waals surface area (Å²) in [5, 5.41) is 4.69. The van der Waals surface area contributed by atoms with E-state index in [0.717, 1.165) is 27.2 Å². The maximum atomic E-state index is 15.6. The Morgan fingerprint density at radius 2 is 1.73 bits per heavy atom. The van der Waals surface area contributed by atoms with Gasteiger partial charge < -0.3 is 25.6 Å². The lowest BCUT2D eigenvalue weighted by Gasteiger charge is -2.42. The molecule has 2 aromatic heterocycles. The molecule has 4 aromatic rings.